The number of likely N-dealkylation sites (tertiary alicyclic amines) is 1. The Balaban J connectivity index is 2.74. The van der Waals surface area contributed by atoms with Gasteiger partial charge in [-0.1, -0.05) is 6.92 Å². The average molecular weight is 201 g/mol. The van der Waals surface area contributed by atoms with Crippen LogP contribution in [0.5, 0.6) is 0 Å². The predicted octanol–water partition coefficient (Wildman–Crippen LogP) is 0.251. The quantitative estimate of drug-likeness (QED) is 0.712. The Bertz CT molecular complexity index is 208. The molecule has 1 fully saturated rings. The molecule has 0 aliphatic carbocycles. The molecule has 82 valence electrons. The zero-order valence-corrected chi connectivity index (χ0v) is 9.06. The number of nitrogens with zero attached hydrogens (tertiary/aromatic N) is 1. The Kier molecular flexibility index (Phi) is 3.89. The monoisotopic (exact) mass is 201 g/mol. The Hall–Kier alpha value is -0.610. The molecule has 0 spiro atoms. The summed E-state index contributed by atoms with van der Waals surface area (Å²) in [6, 6.07) is 0.0947. The van der Waals surface area contributed by atoms with Crippen LogP contribution >= 0.6 is 0 Å². The van der Waals surface area contributed by atoms with Gasteiger partial charge in [0.05, 0.1) is 25.3 Å². The molecule has 1 saturated heterocycles. The van der Waals surface area contributed by atoms with Gasteiger partial charge in [0.1, 0.15) is 0 Å². The predicted molar refractivity (Wildman–Crippen MR) is 52.8 cm³/mol. The molecule has 1 aliphatic heterocycles. The average Bonchev–Trinajstić information content (AvgIpc) is 2.42. The molecule has 0 aromatic heterocycles. The third kappa shape index (κ3) is 2.07. The van der Waals surface area contributed by atoms with Crippen LogP contribution in [0, 0.1) is 5.92 Å². The summed E-state index contributed by atoms with van der Waals surface area (Å²) in [5, 5.41) is 9.21. The minimum Gasteiger partial charge on any atom is -0.394 e. The first-order chi connectivity index (χ1) is 6.61. The molecule has 0 bridgehead atoms. The molecule has 0 aromatic carbocycles. The summed E-state index contributed by atoms with van der Waals surface area (Å²) in [5.74, 6) is 0.375. The third-order valence-corrected chi connectivity index (χ3v) is 2.96. The van der Waals surface area contributed by atoms with Crippen molar-refractivity contribution in [2.75, 3.05) is 20.3 Å². The smallest absolute Gasteiger partial charge is 0.220 e. The van der Waals surface area contributed by atoms with Crippen LogP contribution in [0.3, 0.4) is 0 Å². The lowest BCUT2D eigenvalue weighted by atomic mass is 10.0. The lowest BCUT2D eigenvalue weighted by Gasteiger charge is -2.28. The van der Waals surface area contributed by atoms with Crippen LogP contribution in [0.25, 0.3) is 0 Å². The molecule has 4 nitrogen and oxygen atoms in total. The summed E-state index contributed by atoms with van der Waals surface area (Å²) in [6.45, 7) is 4.21. The van der Waals surface area contributed by atoms with Gasteiger partial charge >= 0.3 is 0 Å². The van der Waals surface area contributed by atoms with E-state index in [-0.39, 0.29) is 24.6 Å². The highest BCUT2D eigenvalue weighted by Gasteiger charge is 2.39. The highest BCUT2D eigenvalue weighted by Crippen LogP contribution is 2.29. The summed E-state index contributed by atoms with van der Waals surface area (Å²) in [4.78, 5) is 13.2. The van der Waals surface area contributed by atoms with Crippen molar-refractivity contribution in [3.8, 4) is 0 Å². The van der Waals surface area contributed by atoms with E-state index in [1.54, 1.807) is 18.9 Å². The third-order valence-electron chi connectivity index (χ3n) is 2.96. The molecule has 0 saturated carbocycles. The second-order valence-electron chi connectivity index (χ2n) is 4.00. The number of aliphatic hydroxyl groups excluding tert-OH is 1. The molecule has 1 amide bonds. The molecule has 1 heterocycles. The maximum atomic E-state index is 11.4. The SMILES string of the molecule is COC[C@@H]1C[C@H](C)[C@H](CO)N1C(C)=O. The van der Waals surface area contributed by atoms with Gasteiger partial charge in [-0.3, -0.25) is 4.79 Å². The molecule has 1 aliphatic rings. The largest absolute Gasteiger partial charge is 0.394 e. The van der Waals surface area contributed by atoms with E-state index in [0.717, 1.165) is 6.42 Å². The van der Waals surface area contributed by atoms with Crippen LogP contribution in [0.15, 0.2) is 0 Å². The van der Waals surface area contributed by atoms with E-state index in [0.29, 0.717) is 12.5 Å². The molecule has 0 radical (unpaired) electrons. The Morgan fingerprint density at radius 2 is 2.29 bits per heavy atom. The maximum Gasteiger partial charge on any atom is 0.220 e. The normalized spacial score (nSPS) is 32.3. The number of rotatable bonds is 3. The second kappa shape index (κ2) is 4.75. The maximum absolute atomic E-state index is 11.4. The highest BCUT2D eigenvalue weighted by molar-refractivity contribution is 5.74. The van der Waals surface area contributed by atoms with Crippen LogP contribution in [-0.4, -0.2) is 48.3 Å². The van der Waals surface area contributed by atoms with Crippen molar-refractivity contribution in [1.82, 2.24) is 4.90 Å². The van der Waals surface area contributed by atoms with Crippen LogP contribution in [0.1, 0.15) is 20.3 Å². The number of aliphatic hydroxyl groups is 1. The van der Waals surface area contributed by atoms with Gasteiger partial charge in [0.15, 0.2) is 0 Å². The topological polar surface area (TPSA) is 49.8 Å². The molecule has 1 rings (SSSR count). The summed E-state index contributed by atoms with van der Waals surface area (Å²) in [5.41, 5.74) is 0. The van der Waals surface area contributed by atoms with Crippen molar-refractivity contribution in [2.24, 2.45) is 5.92 Å². The molecule has 0 aromatic rings. The zero-order valence-electron chi connectivity index (χ0n) is 9.06. The van der Waals surface area contributed by atoms with Crippen molar-refractivity contribution in [1.29, 1.82) is 0 Å². The number of carbonyl (C=O) groups excluding carboxylic acids is 1. The fraction of sp³-hybridized carbons (Fsp3) is 0.900. The van der Waals surface area contributed by atoms with Gasteiger partial charge in [0.2, 0.25) is 5.91 Å². The Morgan fingerprint density at radius 3 is 2.71 bits per heavy atom. The van der Waals surface area contributed by atoms with Gasteiger partial charge < -0.3 is 14.7 Å². The molecule has 1 N–H and O–H groups in total. The van der Waals surface area contributed by atoms with Gasteiger partial charge in [-0.2, -0.15) is 0 Å². The summed E-state index contributed by atoms with van der Waals surface area (Å²) < 4.78 is 5.07. The van der Waals surface area contributed by atoms with E-state index >= 15 is 0 Å². The Morgan fingerprint density at radius 1 is 1.64 bits per heavy atom. The lowest BCUT2D eigenvalue weighted by Crippen LogP contribution is -2.44. The first-order valence-electron chi connectivity index (χ1n) is 5.00. The number of hydrogen-bond acceptors (Lipinski definition) is 3. The molecular formula is C10H19NO3. The van der Waals surface area contributed by atoms with Crippen LogP contribution in [0.2, 0.25) is 0 Å². The van der Waals surface area contributed by atoms with Crippen molar-refractivity contribution >= 4 is 5.91 Å². The first-order valence-corrected chi connectivity index (χ1v) is 5.00. The molecule has 3 atom stereocenters. The van der Waals surface area contributed by atoms with Crippen LogP contribution in [-0.2, 0) is 9.53 Å². The first kappa shape index (κ1) is 11.5. The van der Waals surface area contributed by atoms with Crippen molar-refractivity contribution in [3.63, 3.8) is 0 Å². The van der Waals surface area contributed by atoms with Gasteiger partial charge in [-0.25, -0.2) is 0 Å². The number of carbonyl (C=O) groups is 1. The van der Waals surface area contributed by atoms with Gasteiger partial charge in [0.25, 0.3) is 0 Å². The van der Waals surface area contributed by atoms with Gasteiger partial charge in [0, 0.05) is 14.0 Å². The van der Waals surface area contributed by atoms with Gasteiger partial charge in [-0.05, 0) is 12.3 Å². The van der Waals surface area contributed by atoms with Gasteiger partial charge in [-0.15, -0.1) is 0 Å². The number of hydrogen-bond donors (Lipinski definition) is 1. The fourth-order valence-corrected chi connectivity index (χ4v) is 2.34. The standard InChI is InChI=1S/C10H19NO3/c1-7-4-9(6-14-3)11(8(2)13)10(7)5-12/h7,9-10,12H,4-6H2,1-3H3/t7-,9-,10-/m0/s1. The van der Waals surface area contributed by atoms with E-state index < -0.39 is 0 Å². The number of methoxy groups -OCH3 is 1. The minimum atomic E-state index is -0.0346. The number of amides is 1. The molecule has 14 heavy (non-hydrogen) atoms. The highest BCUT2D eigenvalue weighted by atomic mass is 16.5. The molecule has 0 unspecified atom stereocenters. The van der Waals surface area contributed by atoms with Crippen molar-refractivity contribution in [2.45, 2.75) is 32.4 Å². The van der Waals surface area contributed by atoms with Crippen LogP contribution in [0.4, 0.5) is 0 Å². The van der Waals surface area contributed by atoms with Crippen molar-refractivity contribution < 1.29 is 14.6 Å². The lowest BCUT2D eigenvalue weighted by molar-refractivity contribution is -0.133. The summed E-state index contributed by atoms with van der Waals surface area (Å²) in [6.07, 6.45) is 0.915. The van der Waals surface area contributed by atoms with Crippen LogP contribution < -0.4 is 0 Å². The molecular weight excluding hydrogens is 182 g/mol. The van der Waals surface area contributed by atoms with E-state index in [9.17, 15) is 9.90 Å². The van der Waals surface area contributed by atoms with E-state index in [4.69, 9.17) is 4.74 Å². The zero-order chi connectivity index (χ0) is 10.7. The summed E-state index contributed by atoms with van der Waals surface area (Å²) >= 11 is 0. The van der Waals surface area contributed by atoms with Crippen molar-refractivity contribution in [3.05, 3.63) is 0 Å². The fourth-order valence-electron chi connectivity index (χ4n) is 2.34. The summed E-state index contributed by atoms with van der Waals surface area (Å²) in [7, 11) is 1.63. The minimum absolute atomic E-state index is 0.0236. The van der Waals surface area contributed by atoms with E-state index in [1.165, 1.54) is 0 Å². The second-order valence-corrected chi connectivity index (χ2v) is 4.00. The van der Waals surface area contributed by atoms with E-state index in [1.807, 2.05) is 0 Å². The van der Waals surface area contributed by atoms with E-state index in [2.05, 4.69) is 6.92 Å². The number of ether oxygens (including phenoxy) is 1. The molecule has 4 heteroatoms. The Labute approximate surface area is 84.8 Å².